The number of aryl methyl sites for hydroxylation is 1. The second kappa shape index (κ2) is 3.37. The van der Waals surface area contributed by atoms with Crippen LogP contribution in [0.25, 0.3) is 0 Å². The van der Waals surface area contributed by atoms with E-state index in [-0.39, 0.29) is 5.23 Å². The Kier molecular flexibility index (Phi) is 2.46. The first-order valence-corrected chi connectivity index (χ1v) is 3.51. The highest BCUT2D eigenvalue weighted by Crippen LogP contribution is 2.12. The van der Waals surface area contributed by atoms with Gasteiger partial charge in [0.2, 0.25) is 0 Å². The summed E-state index contributed by atoms with van der Waals surface area (Å²) < 4.78 is 0. The molecule has 2 N–H and O–H groups in total. The molecule has 0 unspecified atom stereocenters. The Balaban J connectivity index is 2.91. The first-order valence-electron chi connectivity index (χ1n) is 3.51. The van der Waals surface area contributed by atoms with Gasteiger partial charge >= 0.3 is 0 Å². The number of benzene rings is 1. The molecule has 0 heterocycles. The minimum atomic E-state index is 0.124. The Morgan fingerprint density at radius 2 is 2.09 bits per heavy atom. The maximum atomic E-state index is 8.63. The molecular weight excluding hydrogens is 142 g/mol. The molecule has 0 bridgehead atoms. The largest absolute Gasteiger partial charge is 0.264 e. The van der Waals surface area contributed by atoms with Crippen molar-refractivity contribution in [3.05, 3.63) is 29.8 Å². The van der Waals surface area contributed by atoms with Gasteiger partial charge in [-0.2, -0.15) is 0 Å². The van der Waals surface area contributed by atoms with Gasteiger partial charge in [-0.05, 0) is 24.1 Å². The monoisotopic (exact) mass is 153 g/mol. The van der Waals surface area contributed by atoms with Crippen molar-refractivity contribution in [3.8, 4) is 0 Å². The Morgan fingerprint density at radius 1 is 1.36 bits per heavy atom. The maximum Gasteiger partial charge on any atom is 0.0945 e. The smallest absolute Gasteiger partial charge is 0.0945 e. The molecule has 0 spiro atoms. The maximum absolute atomic E-state index is 8.63. The van der Waals surface area contributed by atoms with E-state index < -0.39 is 0 Å². The average Bonchev–Trinajstić information content (AvgIpc) is 2.05. The zero-order valence-electron chi connectivity index (χ0n) is 6.36. The number of rotatable bonds is 2. The molecule has 1 aromatic rings. The van der Waals surface area contributed by atoms with Gasteiger partial charge in [-0.15, -0.1) is 5.23 Å². The van der Waals surface area contributed by atoms with E-state index in [0.29, 0.717) is 5.69 Å². The average molecular weight is 153 g/mol. The van der Waals surface area contributed by atoms with Crippen molar-refractivity contribution in [2.75, 3.05) is 5.23 Å². The van der Waals surface area contributed by atoms with Crippen LogP contribution in [0.15, 0.2) is 24.3 Å². The van der Waals surface area contributed by atoms with Gasteiger partial charge in [0.15, 0.2) is 0 Å². The predicted octanol–water partition coefficient (Wildman–Crippen LogP) is 1.83. The molecule has 0 saturated carbocycles. The highest BCUT2D eigenvalue weighted by atomic mass is 16.8. The van der Waals surface area contributed by atoms with Crippen molar-refractivity contribution >= 4 is 5.69 Å². The van der Waals surface area contributed by atoms with Gasteiger partial charge in [0.05, 0.1) is 5.69 Å². The third-order valence-corrected chi connectivity index (χ3v) is 1.55. The summed E-state index contributed by atoms with van der Waals surface area (Å²) in [6.45, 7) is 2.01. The van der Waals surface area contributed by atoms with Crippen molar-refractivity contribution in [1.29, 1.82) is 0 Å². The highest BCUT2D eigenvalue weighted by Gasteiger charge is 1.97. The van der Waals surface area contributed by atoms with Crippen LogP contribution in [-0.4, -0.2) is 10.4 Å². The van der Waals surface area contributed by atoms with Crippen LogP contribution >= 0.6 is 0 Å². The molecule has 0 fully saturated rings. The Labute approximate surface area is 65.4 Å². The third-order valence-electron chi connectivity index (χ3n) is 1.55. The first kappa shape index (κ1) is 8.04. The lowest BCUT2D eigenvalue weighted by molar-refractivity contribution is 0.0291. The van der Waals surface area contributed by atoms with E-state index >= 15 is 0 Å². The van der Waals surface area contributed by atoms with E-state index in [1.165, 1.54) is 0 Å². The van der Waals surface area contributed by atoms with Gasteiger partial charge in [0, 0.05) is 0 Å². The highest BCUT2D eigenvalue weighted by molar-refractivity contribution is 5.43. The van der Waals surface area contributed by atoms with Crippen LogP contribution in [0.1, 0.15) is 12.5 Å². The lowest BCUT2D eigenvalue weighted by atomic mass is 10.1. The van der Waals surface area contributed by atoms with Crippen LogP contribution < -0.4 is 5.23 Å². The fourth-order valence-electron chi connectivity index (χ4n) is 0.901. The van der Waals surface area contributed by atoms with Gasteiger partial charge in [-0.25, -0.2) is 0 Å². The summed E-state index contributed by atoms with van der Waals surface area (Å²) in [7, 11) is 0. The minimum absolute atomic E-state index is 0.124. The summed E-state index contributed by atoms with van der Waals surface area (Å²) in [6.07, 6.45) is 0.891. The molecule has 0 aliphatic carbocycles. The van der Waals surface area contributed by atoms with Gasteiger partial charge in [-0.3, -0.25) is 10.4 Å². The Hall–Kier alpha value is -1.06. The fourth-order valence-corrected chi connectivity index (χ4v) is 0.901. The van der Waals surface area contributed by atoms with E-state index in [0.717, 1.165) is 12.0 Å². The molecule has 0 aromatic heterocycles. The Morgan fingerprint density at radius 3 is 2.64 bits per heavy atom. The molecule has 1 aromatic carbocycles. The normalized spacial score (nSPS) is 9.73. The van der Waals surface area contributed by atoms with Gasteiger partial charge in [-0.1, -0.05) is 19.1 Å². The molecule has 60 valence electrons. The van der Waals surface area contributed by atoms with Crippen LogP contribution in [0.2, 0.25) is 0 Å². The van der Waals surface area contributed by atoms with Crippen LogP contribution in [-0.2, 0) is 6.42 Å². The predicted molar refractivity (Wildman–Crippen MR) is 41.9 cm³/mol. The molecule has 0 aliphatic rings. The number of anilines is 1. The lowest BCUT2D eigenvalue weighted by Crippen LogP contribution is -2.10. The van der Waals surface area contributed by atoms with Crippen LogP contribution in [0, 0.1) is 0 Å². The zero-order valence-corrected chi connectivity index (χ0v) is 6.36. The summed E-state index contributed by atoms with van der Waals surface area (Å²) in [5.41, 5.74) is 1.47. The molecule has 11 heavy (non-hydrogen) atoms. The van der Waals surface area contributed by atoms with Crippen molar-refractivity contribution in [1.82, 2.24) is 0 Å². The Bertz CT molecular complexity index is 235. The second-order valence-corrected chi connectivity index (χ2v) is 2.31. The molecular formula is C8H11NO2. The number of hydrogen-bond acceptors (Lipinski definition) is 3. The lowest BCUT2D eigenvalue weighted by Gasteiger charge is -2.08. The van der Waals surface area contributed by atoms with E-state index in [2.05, 4.69) is 0 Å². The number of nitrogens with zero attached hydrogens (tertiary/aromatic N) is 1. The fraction of sp³-hybridized carbons (Fsp3) is 0.250. The van der Waals surface area contributed by atoms with Crippen LogP contribution in [0.4, 0.5) is 5.69 Å². The summed E-state index contributed by atoms with van der Waals surface area (Å²) in [5.74, 6) is 0. The van der Waals surface area contributed by atoms with E-state index in [1.54, 1.807) is 18.2 Å². The van der Waals surface area contributed by atoms with Gasteiger partial charge < -0.3 is 0 Å². The summed E-state index contributed by atoms with van der Waals surface area (Å²) in [5, 5.41) is 17.4. The molecule has 1 rings (SSSR count). The standard InChI is InChI=1S/C8H11NO2/c1-2-7-4-3-5-8(6-7)9(10)11/h3-6,10-11H,2H2,1H3. The molecule has 0 amide bonds. The quantitative estimate of drug-likeness (QED) is 0.637. The molecule has 3 heteroatoms. The van der Waals surface area contributed by atoms with E-state index in [1.807, 2.05) is 13.0 Å². The molecule has 0 atom stereocenters. The molecule has 0 aliphatic heterocycles. The van der Waals surface area contributed by atoms with Gasteiger partial charge in [0.1, 0.15) is 0 Å². The van der Waals surface area contributed by atoms with Crippen molar-refractivity contribution in [2.45, 2.75) is 13.3 Å². The molecule has 0 saturated heterocycles. The summed E-state index contributed by atoms with van der Waals surface area (Å²) >= 11 is 0. The second-order valence-electron chi connectivity index (χ2n) is 2.31. The van der Waals surface area contributed by atoms with Crippen LogP contribution in [0.5, 0.6) is 0 Å². The SMILES string of the molecule is CCc1cccc(N(O)O)c1. The van der Waals surface area contributed by atoms with Crippen molar-refractivity contribution < 1.29 is 10.4 Å². The topological polar surface area (TPSA) is 43.7 Å². The van der Waals surface area contributed by atoms with E-state index in [9.17, 15) is 0 Å². The van der Waals surface area contributed by atoms with Crippen LogP contribution in [0.3, 0.4) is 0 Å². The molecule has 3 nitrogen and oxygen atoms in total. The molecule has 0 radical (unpaired) electrons. The van der Waals surface area contributed by atoms with E-state index in [4.69, 9.17) is 10.4 Å². The van der Waals surface area contributed by atoms with Gasteiger partial charge in [0.25, 0.3) is 0 Å². The third kappa shape index (κ3) is 1.93. The zero-order chi connectivity index (χ0) is 8.27. The summed E-state index contributed by atoms with van der Waals surface area (Å²) in [6, 6.07) is 7.07. The van der Waals surface area contributed by atoms with Crippen molar-refractivity contribution in [2.24, 2.45) is 0 Å². The minimum Gasteiger partial charge on any atom is -0.264 e. The summed E-state index contributed by atoms with van der Waals surface area (Å²) in [4.78, 5) is 0. The number of hydrogen-bond donors (Lipinski definition) is 2. The van der Waals surface area contributed by atoms with Crippen molar-refractivity contribution in [3.63, 3.8) is 0 Å². The first-order chi connectivity index (χ1) is 5.24.